The number of ether oxygens (including phenoxy) is 1. The molecular weight excluding hydrogens is 172 g/mol. The molecule has 2 heteroatoms. The highest BCUT2D eigenvalue weighted by atomic mass is 35.5. The van der Waals surface area contributed by atoms with Gasteiger partial charge in [-0.3, -0.25) is 0 Å². The predicted octanol–water partition coefficient (Wildman–Crippen LogP) is 3.23. The highest BCUT2D eigenvalue weighted by molar-refractivity contribution is 6.18. The van der Waals surface area contributed by atoms with E-state index in [1.807, 2.05) is 6.08 Å². The van der Waals surface area contributed by atoms with Crippen LogP contribution in [0.2, 0.25) is 0 Å². The van der Waals surface area contributed by atoms with Gasteiger partial charge in [-0.15, -0.1) is 18.2 Å². The summed E-state index contributed by atoms with van der Waals surface area (Å²) in [6, 6.07) is 0. The lowest BCUT2D eigenvalue weighted by Crippen LogP contribution is -2.15. The molecule has 1 nitrogen and oxygen atoms in total. The van der Waals surface area contributed by atoms with Crippen LogP contribution >= 0.6 is 11.6 Å². The molecular formula is C10H19ClO. The number of hydrogen-bond acceptors (Lipinski definition) is 1. The highest BCUT2D eigenvalue weighted by Gasteiger charge is 2.12. The largest absolute Gasteiger partial charge is 0.381 e. The Bertz CT molecular complexity index is 110. The summed E-state index contributed by atoms with van der Waals surface area (Å²) >= 11 is 5.80. The molecule has 0 aliphatic heterocycles. The van der Waals surface area contributed by atoms with Gasteiger partial charge in [-0.25, -0.2) is 0 Å². The molecule has 0 saturated carbocycles. The summed E-state index contributed by atoms with van der Waals surface area (Å²) < 4.78 is 5.29. The maximum Gasteiger partial charge on any atom is 0.0571 e. The monoisotopic (exact) mass is 190 g/mol. The molecule has 0 saturated heterocycles. The Hall–Kier alpha value is -0.0100. The number of alkyl halides is 1. The molecule has 12 heavy (non-hydrogen) atoms. The van der Waals surface area contributed by atoms with Crippen LogP contribution in [0.5, 0.6) is 0 Å². The number of rotatable bonds is 7. The van der Waals surface area contributed by atoms with Crippen LogP contribution in [0.15, 0.2) is 12.7 Å². The molecule has 72 valence electrons. The molecule has 2 unspecified atom stereocenters. The fourth-order valence-corrected chi connectivity index (χ4v) is 1.51. The first-order chi connectivity index (χ1) is 5.78. The van der Waals surface area contributed by atoms with E-state index in [-0.39, 0.29) is 0 Å². The Morgan fingerprint density at radius 3 is 2.58 bits per heavy atom. The van der Waals surface area contributed by atoms with Crippen molar-refractivity contribution >= 4 is 11.6 Å². The van der Waals surface area contributed by atoms with Crippen molar-refractivity contribution in [3.63, 3.8) is 0 Å². The van der Waals surface area contributed by atoms with Gasteiger partial charge in [-0.1, -0.05) is 13.0 Å². The van der Waals surface area contributed by atoms with Crippen LogP contribution in [0.4, 0.5) is 0 Å². The zero-order valence-corrected chi connectivity index (χ0v) is 8.81. The van der Waals surface area contributed by atoms with Gasteiger partial charge in [0.2, 0.25) is 0 Å². The van der Waals surface area contributed by atoms with Crippen LogP contribution in [0.1, 0.15) is 26.2 Å². The molecule has 0 N–H and O–H groups in total. The summed E-state index contributed by atoms with van der Waals surface area (Å²) in [5.74, 6) is 1.22. The van der Waals surface area contributed by atoms with E-state index in [1.165, 1.54) is 0 Å². The van der Waals surface area contributed by atoms with Gasteiger partial charge in [0, 0.05) is 13.0 Å². The maximum absolute atomic E-state index is 5.80. The van der Waals surface area contributed by atoms with Gasteiger partial charge in [-0.2, -0.15) is 0 Å². The number of hydrogen-bond donors (Lipinski definition) is 0. The molecule has 0 bridgehead atoms. The zero-order valence-electron chi connectivity index (χ0n) is 8.05. The van der Waals surface area contributed by atoms with Gasteiger partial charge in [-0.05, 0) is 25.2 Å². The Balaban J connectivity index is 3.73. The molecule has 0 heterocycles. The van der Waals surface area contributed by atoms with E-state index >= 15 is 0 Å². The van der Waals surface area contributed by atoms with Gasteiger partial charge in [0.1, 0.15) is 0 Å². The van der Waals surface area contributed by atoms with Gasteiger partial charge < -0.3 is 4.74 Å². The van der Waals surface area contributed by atoms with E-state index in [4.69, 9.17) is 16.3 Å². The molecule has 0 amide bonds. The summed E-state index contributed by atoms with van der Waals surface area (Å²) in [5, 5.41) is 0. The van der Waals surface area contributed by atoms with Crippen molar-refractivity contribution < 1.29 is 4.74 Å². The molecule has 0 radical (unpaired) electrons. The van der Waals surface area contributed by atoms with Crippen LogP contribution in [-0.4, -0.2) is 19.1 Å². The van der Waals surface area contributed by atoms with Crippen LogP contribution in [0, 0.1) is 5.92 Å². The van der Waals surface area contributed by atoms with Gasteiger partial charge in [0.05, 0.1) is 6.10 Å². The summed E-state index contributed by atoms with van der Waals surface area (Å²) in [5.41, 5.74) is 0. The van der Waals surface area contributed by atoms with E-state index in [1.54, 1.807) is 7.11 Å². The lowest BCUT2D eigenvalue weighted by atomic mass is 9.99. The molecule has 0 aliphatic carbocycles. The van der Waals surface area contributed by atoms with Crippen LogP contribution in [0.25, 0.3) is 0 Å². The molecule has 0 fully saturated rings. The summed E-state index contributed by atoms with van der Waals surface area (Å²) in [4.78, 5) is 0. The van der Waals surface area contributed by atoms with Crippen molar-refractivity contribution in [3.05, 3.63) is 12.7 Å². The van der Waals surface area contributed by atoms with Gasteiger partial charge in [0.25, 0.3) is 0 Å². The van der Waals surface area contributed by atoms with E-state index < -0.39 is 0 Å². The topological polar surface area (TPSA) is 9.23 Å². The predicted molar refractivity (Wildman–Crippen MR) is 54.7 cm³/mol. The van der Waals surface area contributed by atoms with Crippen molar-refractivity contribution in [3.8, 4) is 0 Å². The first-order valence-corrected chi connectivity index (χ1v) is 5.01. The Kier molecular flexibility index (Phi) is 7.62. The van der Waals surface area contributed by atoms with Crippen molar-refractivity contribution in [2.24, 2.45) is 5.92 Å². The van der Waals surface area contributed by atoms with E-state index in [9.17, 15) is 0 Å². The standard InChI is InChI=1S/C10H19ClO/c1-4-6-9(8-11)7-10(5-2)12-3/h4,9-10H,1,5-8H2,2-3H3. The quantitative estimate of drug-likeness (QED) is 0.443. The van der Waals surface area contributed by atoms with Crippen LogP contribution in [0.3, 0.4) is 0 Å². The SMILES string of the molecule is C=CCC(CCl)CC(CC)OC. The molecule has 0 aromatic heterocycles. The second kappa shape index (κ2) is 7.63. The first-order valence-electron chi connectivity index (χ1n) is 4.48. The molecule has 0 aromatic rings. The molecule has 2 atom stereocenters. The lowest BCUT2D eigenvalue weighted by molar-refractivity contribution is 0.0801. The van der Waals surface area contributed by atoms with Gasteiger partial charge in [0.15, 0.2) is 0 Å². The first kappa shape index (κ1) is 12.0. The third-order valence-corrected chi connectivity index (χ3v) is 2.54. The fraction of sp³-hybridized carbons (Fsp3) is 0.800. The molecule has 0 rings (SSSR count). The average Bonchev–Trinajstić information content (AvgIpc) is 2.12. The second-order valence-electron chi connectivity index (χ2n) is 3.05. The van der Waals surface area contributed by atoms with Crippen molar-refractivity contribution in [1.29, 1.82) is 0 Å². The second-order valence-corrected chi connectivity index (χ2v) is 3.35. The third kappa shape index (κ3) is 4.78. The summed E-state index contributed by atoms with van der Waals surface area (Å²) in [7, 11) is 1.76. The van der Waals surface area contributed by atoms with E-state index in [2.05, 4.69) is 13.5 Å². The Morgan fingerprint density at radius 1 is 1.58 bits per heavy atom. The fourth-order valence-electron chi connectivity index (χ4n) is 1.26. The highest BCUT2D eigenvalue weighted by Crippen LogP contribution is 2.17. The van der Waals surface area contributed by atoms with Crippen molar-refractivity contribution in [2.45, 2.75) is 32.3 Å². The minimum atomic E-state index is 0.355. The number of allylic oxidation sites excluding steroid dienone is 1. The minimum Gasteiger partial charge on any atom is -0.381 e. The molecule has 0 aromatic carbocycles. The minimum absolute atomic E-state index is 0.355. The zero-order chi connectivity index (χ0) is 9.40. The Labute approximate surface area is 80.8 Å². The van der Waals surface area contributed by atoms with Crippen LogP contribution < -0.4 is 0 Å². The lowest BCUT2D eigenvalue weighted by Gasteiger charge is -2.18. The smallest absolute Gasteiger partial charge is 0.0571 e. The number of methoxy groups -OCH3 is 1. The van der Waals surface area contributed by atoms with Crippen molar-refractivity contribution in [1.82, 2.24) is 0 Å². The van der Waals surface area contributed by atoms with E-state index in [0.29, 0.717) is 17.9 Å². The Morgan fingerprint density at radius 2 is 2.25 bits per heavy atom. The molecule has 0 aliphatic rings. The van der Waals surface area contributed by atoms with Crippen LogP contribution in [-0.2, 0) is 4.74 Å². The third-order valence-electron chi connectivity index (χ3n) is 2.10. The average molecular weight is 191 g/mol. The van der Waals surface area contributed by atoms with E-state index in [0.717, 1.165) is 19.3 Å². The number of halogens is 1. The van der Waals surface area contributed by atoms with Crippen molar-refractivity contribution in [2.75, 3.05) is 13.0 Å². The normalized spacial score (nSPS) is 15.6. The molecule has 0 spiro atoms. The summed E-state index contributed by atoms with van der Waals surface area (Å²) in [6.45, 7) is 5.84. The van der Waals surface area contributed by atoms with Gasteiger partial charge >= 0.3 is 0 Å². The maximum atomic E-state index is 5.80. The summed E-state index contributed by atoms with van der Waals surface area (Å²) in [6.07, 6.45) is 5.37.